The topological polar surface area (TPSA) is 140 Å². The van der Waals surface area contributed by atoms with Crippen molar-refractivity contribution in [2.45, 2.75) is 18.9 Å². The number of urea groups is 1. The molecule has 0 aliphatic rings. The van der Waals surface area contributed by atoms with Gasteiger partial charge >= 0.3 is 18.1 Å². The fourth-order valence-electron chi connectivity index (χ4n) is 1.21. The van der Waals surface area contributed by atoms with Crippen molar-refractivity contribution < 1.29 is 29.0 Å². The molecule has 110 valence electrons. The van der Waals surface area contributed by atoms with Crippen LogP contribution in [0.3, 0.4) is 0 Å². The molecule has 0 saturated carbocycles. The molecule has 1 atom stereocenters. The van der Waals surface area contributed by atoms with Gasteiger partial charge < -0.3 is 30.9 Å². The Bertz CT molecular complexity index is 310. The quantitative estimate of drug-likeness (QED) is 0.409. The highest BCUT2D eigenvalue weighted by molar-refractivity contribution is 5.82. The standard InChI is InChI=1S/C10H19N3O6/c1-18-5-2-3-7(8(14)15)13-10(17)12-4-6-19-9(11)16/h7H,2-6H2,1H3,(H2,11,16)(H,14,15)(H2,12,13,17). The number of rotatable bonds is 9. The Morgan fingerprint density at radius 3 is 2.53 bits per heavy atom. The van der Waals surface area contributed by atoms with Gasteiger partial charge in [-0.3, -0.25) is 0 Å². The summed E-state index contributed by atoms with van der Waals surface area (Å²) in [5, 5.41) is 13.5. The van der Waals surface area contributed by atoms with Crippen LogP contribution < -0.4 is 16.4 Å². The van der Waals surface area contributed by atoms with Crippen LogP contribution in [-0.2, 0) is 14.3 Å². The highest BCUT2D eigenvalue weighted by Gasteiger charge is 2.19. The maximum atomic E-state index is 11.3. The summed E-state index contributed by atoms with van der Waals surface area (Å²) in [6.07, 6.45) is -0.169. The average Bonchev–Trinajstić information content (AvgIpc) is 2.33. The summed E-state index contributed by atoms with van der Waals surface area (Å²) in [4.78, 5) is 32.5. The van der Waals surface area contributed by atoms with Crippen LogP contribution in [0, 0.1) is 0 Å². The maximum absolute atomic E-state index is 11.3. The van der Waals surface area contributed by atoms with Gasteiger partial charge in [0.25, 0.3) is 0 Å². The number of nitrogens with one attached hydrogen (secondary N) is 2. The van der Waals surface area contributed by atoms with Gasteiger partial charge in [0.1, 0.15) is 12.6 Å². The second-order valence-electron chi connectivity index (χ2n) is 3.59. The lowest BCUT2D eigenvalue weighted by atomic mass is 10.1. The van der Waals surface area contributed by atoms with Crippen LogP contribution in [0.4, 0.5) is 9.59 Å². The minimum atomic E-state index is -1.13. The van der Waals surface area contributed by atoms with Crippen molar-refractivity contribution in [2.75, 3.05) is 26.9 Å². The fourth-order valence-corrected chi connectivity index (χ4v) is 1.21. The molecule has 9 heteroatoms. The number of nitrogens with two attached hydrogens (primary N) is 1. The molecule has 0 radical (unpaired) electrons. The highest BCUT2D eigenvalue weighted by atomic mass is 16.5. The van der Waals surface area contributed by atoms with Gasteiger partial charge in [0, 0.05) is 13.7 Å². The van der Waals surface area contributed by atoms with Crippen LogP contribution in [0.5, 0.6) is 0 Å². The molecule has 3 amide bonds. The van der Waals surface area contributed by atoms with Gasteiger partial charge in [0.2, 0.25) is 0 Å². The normalized spacial score (nSPS) is 11.4. The highest BCUT2D eigenvalue weighted by Crippen LogP contribution is 1.98. The molecule has 0 rings (SSSR count). The molecule has 0 aromatic heterocycles. The van der Waals surface area contributed by atoms with Crippen LogP contribution in [-0.4, -0.2) is 56.1 Å². The second-order valence-corrected chi connectivity index (χ2v) is 3.59. The predicted molar refractivity (Wildman–Crippen MR) is 64.6 cm³/mol. The lowest BCUT2D eigenvalue weighted by Gasteiger charge is -2.14. The fraction of sp³-hybridized carbons (Fsp3) is 0.700. The first kappa shape index (κ1) is 17.0. The Balaban J connectivity index is 3.89. The minimum absolute atomic E-state index is 0.0409. The Morgan fingerprint density at radius 2 is 2.00 bits per heavy atom. The zero-order chi connectivity index (χ0) is 14.7. The smallest absolute Gasteiger partial charge is 0.404 e. The van der Waals surface area contributed by atoms with Crippen molar-refractivity contribution in [1.29, 1.82) is 0 Å². The predicted octanol–water partition coefficient (Wildman–Crippen LogP) is -0.739. The van der Waals surface area contributed by atoms with Crippen LogP contribution in [0.25, 0.3) is 0 Å². The number of ether oxygens (including phenoxy) is 2. The average molecular weight is 277 g/mol. The Kier molecular flexibility index (Phi) is 8.88. The van der Waals surface area contributed by atoms with E-state index < -0.39 is 24.1 Å². The van der Waals surface area contributed by atoms with E-state index in [1.807, 2.05) is 0 Å². The SMILES string of the molecule is COCCCC(NC(=O)NCCOC(N)=O)C(=O)O. The molecule has 0 aliphatic carbocycles. The molecular formula is C10H19N3O6. The number of amides is 3. The second kappa shape index (κ2) is 9.95. The summed E-state index contributed by atoms with van der Waals surface area (Å²) in [6, 6.07) is -1.65. The van der Waals surface area contributed by atoms with Gasteiger partial charge in [-0.05, 0) is 12.8 Å². The molecule has 0 aromatic rings. The van der Waals surface area contributed by atoms with Crippen LogP contribution in [0.1, 0.15) is 12.8 Å². The first-order valence-corrected chi connectivity index (χ1v) is 5.65. The number of carboxylic acids is 1. The van der Waals surface area contributed by atoms with E-state index in [-0.39, 0.29) is 19.6 Å². The molecule has 0 bridgehead atoms. The van der Waals surface area contributed by atoms with Gasteiger partial charge in [0.15, 0.2) is 0 Å². The maximum Gasteiger partial charge on any atom is 0.404 e. The summed E-state index contributed by atoms with van der Waals surface area (Å²) in [6.45, 7) is 0.378. The molecule has 5 N–H and O–H groups in total. The summed E-state index contributed by atoms with van der Waals surface area (Å²) in [7, 11) is 1.51. The molecule has 9 nitrogen and oxygen atoms in total. The molecule has 1 unspecified atom stereocenters. The molecule has 19 heavy (non-hydrogen) atoms. The van der Waals surface area contributed by atoms with Crippen molar-refractivity contribution in [3.8, 4) is 0 Å². The Morgan fingerprint density at radius 1 is 1.32 bits per heavy atom. The Hall–Kier alpha value is -2.03. The number of primary amides is 1. The van der Waals surface area contributed by atoms with E-state index in [2.05, 4.69) is 15.4 Å². The first-order chi connectivity index (χ1) is 8.97. The summed E-state index contributed by atoms with van der Waals surface area (Å²) in [5.41, 5.74) is 4.72. The number of carbonyl (C=O) groups is 3. The molecule has 0 aromatic carbocycles. The lowest BCUT2D eigenvalue weighted by molar-refractivity contribution is -0.139. The first-order valence-electron chi connectivity index (χ1n) is 5.65. The largest absolute Gasteiger partial charge is 0.480 e. The van der Waals surface area contributed by atoms with Crippen molar-refractivity contribution in [2.24, 2.45) is 5.73 Å². The third kappa shape index (κ3) is 9.65. The van der Waals surface area contributed by atoms with Gasteiger partial charge in [-0.25, -0.2) is 14.4 Å². The summed E-state index contributed by atoms with van der Waals surface area (Å²) in [5.74, 6) is -1.13. The molecule has 0 saturated heterocycles. The number of hydrogen-bond donors (Lipinski definition) is 4. The van der Waals surface area contributed by atoms with E-state index in [9.17, 15) is 14.4 Å². The van der Waals surface area contributed by atoms with Crippen molar-refractivity contribution in [3.05, 3.63) is 0 Å². The number of carbonyl (C=O) groups excluding carboxylic acids is 2. The van der Waals surface area contributed by atoms with E-state index in [1.165, 1.54) is 7.11 Å². The molecule has 0 heterocycles. The number of methoxy groups -OCH3 is 1. The van der Waals surface area contributed by atoms with E-state index in [0.29, 0.717) is 13.0 Å². The van der Waals surface area contributed by atoms with Crippen molar-refractivity contribution >= 4 is 18.1 Å². The lowest BCUT2D eigenvalue weighted by Crippen LogP contribution is -2.46. The Labute approximate surface area is 110 Å². The number of carboxylic acid groups (broad SMARTS) is 1. The van der Waals surface area contributed by atoms with Crippen molar-refractivity contribution in [3.63, 3.8) is 0 Å². The molecule has 0 spiro atoms. The molecule has 0 fully saturated rings. The summed E-state index contributed by atoms with van der Waals surface area (Å²) >= 11 is 0. The molecule has 0 aliphatic heterocycles. The third-order valence-corrected chi connectivity index (χ3v) is 2.08. The van der Waals surface area contributed by atoms with Gasteiger partial charge in [-0.15, -0.1) is 0 Å². The van der Waals surface area contributed by atoms with Gasteiger partial charge in [0.05, 0.1) is 6.54 Å². The third-order valence-electron chi connectivity index (χ3n) is 2.08. The molecular weight excluding hydrogens is 258 g/mol. The van der Waals surface area contributed by atoms with Gasteiger partial charge in [-0.2, -0.15) is 0 Å². The van der Waals surface area contributed by atoms with Crippen LogP contribution >= 0.6 is 0 Å². The van der Waals surface area contributed by atoms with E-state index >= 15 is 0 Å². The number of aliphatic carboxylic acids is 1. The van der Waals surface area contributed by atoms with Crippen molar-refractivity contribution in [1.82, 2.24) is 10.6 Å². The van der Waals surface area contributed by atoms with Crippen LogP contribution in [0.15, 0.2) is 0 Å². The van der Waals surface area contributed by atoms with Crippen LogP contribution in [0.2, 0.25) is 0 Å². The summed E-state index contributed by atoms with van der Waals surface area (Å²) < 4.78 is 9.18. The van der Waals surface area contributed by atoms with E-state index in [0.717, 1.165) is 0 Å². The monoisotopic (exact) mass is 277 g/mol. The zero-order valence-corrected chi connectivity index (χ0v) is 10.7. The van der Waals surface area contributed by atoms with E-state index in [4.69, 9.17) is 15.6 Å². The zero-order valence-electron chi connectivity index (χ0n) is 10.7. The minimum Gasteiger partial charge on any atom is -0.480 e. The van der Waals surface area contributed by atoms with Gasteiger partial charge in [-0.1, -0.05) is 0 Å². The number of hydrogen-bond acceptors (Lipinski definition) is 5. The van der Waals surface area contributed by atoms with E-state index in [1.54, 1.807) is 0 Å².